The van der Waals surface area contributed by atoms with E-state index < -0.39 is 18.0 Å². The normalized spacial score (nSPS) is 23.8. The van der Waals surface area contributed by atoms with Crippen LogP contribution >= 0.6 is 35.1 Å². The van der Waals surface area contributed by atoms with Gasteiger partial charge in [0, 0.05) is 34.5 Å². The summed E-state index contributed by atoms with van der Waals surface area (Å²) in [6, 6.07) is 11.9. The first-order valence-electron chi connectivity index (χ1n) is 12.7. The van der Waals surface area contributed by atoms with Gasteiger partial charge in [0.05, 0.1) is 11.6 Å². The molecule has 3 unspecified atom stereocenters. The van der Waals surface area contributed by atoms with Gasteiger partial charge in [0.15, 0.2) is 0 Å². The lowest BCUT2D eigenvalue weighted by atomic mass is 9.97. The van der Waals surface area contributed by atoms with Gasteiger partial charge in [0.25, 0.3) is 0 Å². The summed E-state index contributed by atoms with van der Waals surface area (Å²) in [5.41, 5.74) is 2.23. The van der Waals surface area contributed by atoms with Gasteiger partial charge in [-0.2, -0.15) is 0 Å². The molecular formula is C28H30Cl2N4O3S. The molecule has 2 aliphatic heterocycles. The number of aryl methyl sites for hydroxylation is 1. The van der Waals surface area contributed by atoms with Crippen molar-refractivity contribution < 1.29 is 14.4 Å². The van der Waals surface area contributed by atoms with E-state index in [0.717, 1.165) is 28.9 Å². The van der Waals surface area contributed by atoms with Gasteiger partial charge >= 0.3 is 0 Å². The summed E-state index contributed by atoms with van der Waals surface area (Å²) in [7, 11) is 0. The molecule has 0 aromatic heterocycles. The number of amides is 3. The fraction of sp³-hybridized carbons (Fsp3) is 0.393. The maximum atomic E-state index is 14.0. The van der Waals surface area contributed by atoms with Crippen LogP contribution in [0.4, 0.5) is 0 Å². The Kier molecular flexibility index (Phi) is 7.78. The molecule has 3 aliphatic rings. The Labute approximate surface area is 237 Å². The minimum absolute atomic E-state index is 0.0673. The summed E-state index contributed by atoms with van der Waals surface area (Å²) in [5, 5.41) is 4.02. The molecule has 38 heavy (non-hydrogen) atoms. The molecule has 200 valence electrons. The van der Waals surface area contributed by atoms with Crippen LogP contribution in [-0.4, -0.2) is 69.2 Å². The predicted octanol–water partition coefficient (Wildman–Crippen LogP) is 4.46. The fourth-order valence-electron chi connectivity index (χ4n) is 5.04. The number of nitrogens with one attached hydrogen (secondary N) is 1. The quantitative estimate of drug-likeness (QED) is 0.392. The molecule has 1 N–H and O–H groups in total. The highest BCUT2D eigenvalue weighted by Gasteiger charge is 2.53. The van der Waals surface area contributed by atoms with Crippen molar-refractivity contribution in [2.75, 3.05) is 13.1 Å². The van der Waals surface area contributed by atoms with Crippen LogP contribution in [0.5, 0.6) is 0 Å². The molecular weight excluding hydrogens is 543 g/mol. The van der Waals surface area contributed by atoms with Gasteiger partial charge in [-0.25, -0.2) is 4.31 Å². The molecule has 2 aromatic carbocycles. The van der Waals surface area contributed by atoms with Gasteiger partial charge in [-0.1, -0.05) is 48.0 Å². The van der Waals surface area contributed by atoms with Crippen molar-refractivity contribution in [3.8, 4) is 0 Å². The summed E-state index contributed by atoms with van der Waals surface area (Å²) in [6.45, 7) is 7.96. The third-order valence-corrected chi connectivity index (χ3v) is 8.97. The molecule has 2 aromatic rings. The van der Waals surface area contributed by atoms with E-state index in [9.17, 15) is 14.4 Å². The molecule has 2 heterocycles. The average molecular weight is 574 g/mol. The summed E-state index contributed by atoms with van der Waals surface area (Å²) in [5.74, 6) is -0.732. The topological polar surface area (TPSA) is 73.0 Å². The van der Waals surface area contributed by atoms with E-state index in [1.165, 1.54) is 11.9 Å². The van der Waals surface area contributed by atoms with Gasteiger partial charge < -0.3 is 15.1 Å². The van der Waals surface area contributed by atoms with Crippen LogP contribution in [0.3, 0.4) is 0 Å². The highest BCUT2D eigenvalue weighted by molar-refractivity contribution is 7.97. The summed E-state index contributed by atoms with van der Waals surface area (Å²) in [4.78, 5) is 44.8. The first kappa shape index (κ1) is 27.1. The smallest absolute Gasteiger partial charge is 0.248 e. The van der Waals surface area contributed by atoms with E-state index in [2.05, 4.69) is 16.2 Å². The van der Waals surface area contributed by atoms with Crippen molar-refractivity contribution in [2.45, 2.75) is 62.3 Å². The van der Waals surface area contributed by atoms with Gasteiger partial charge in [-0.3, -0.25) is 14.4 Å². The minimum atomic E-state index is -0.839. The number of fused-ring (bicyclic) bond motifs is 1. The number of carbonyl (C=O) groups is 3. The maximum absolute atomic E-state index is 14.0. The van der Waals surface area contributed by atoms with Crippen molar-refractivity contribution in [1.82, 2.24) is 19.4 Å². The predicted molar refractivity (Wildman–Crippen MR) is 150 cm³/mol. The Morgan fingerprint density at radius 1 is 1.11 bits per heavy atom. The zero-order valence-electron chi connectivity index (χ0n) is 21.3. The molecule has 3 fully saturated rings. The van der Waals surface area contributed by atoms with Gasteiger partial charge in [0.2, 0.25) is 17.7 Å². The number of carbonyl (C=O) groups excluding carboxylic acids is 3. The average Bonchev–Trinajstić information content (AvgIpc) is 3.70. The summed E-state index contributed by atoms with van der Waals surface area (Å²) >= 11 is 14.3. The van der Waals surface area contributed by atoms with Crippen molar-refractivity contribution >= 4 is 52.9 Å². The molecule has 1 saturated carbocycles. The molecule has 2 saturated heterocycles. The second-order valence-corrected chi connectivity index (χ2v) is 12.2. The van der Waals surface area contributed by atoms with Crippen molar-refractivity contribution in [3.05, 3.63) is 75.8 Å². The lowest BCUT2D eigenvalue weighted by Gasteiger charge is -2.53. The Morgan fingerprint density at radius 2 is 1.87 bits per heavy atom. The number of piperazine rings is 1. The highest BCUT2D eigenvalue weighted by Crippen LogP contribution is 2.40. The number of benzene rings is 2. The molecule has 0 bridgehead atoms. The molecule has 10 heteroatoms. The van der Waals surface area contributed by atoms with E-state index in [1.54, 1.807) is 17.9 Å². The first-order valence-corrected chi connectivity index (χ1v) is 14.2. The van der Waals surface area contributed by atoms with Crippen molar-refractivity contribution in [1.29, 1.82) is 0 Å². The number of hydrogen-bond donors (Lipinski definition) is 1. The third kappa shape index (κ3) is 5.59. The molecule has 0 spiro atoms. The second kappa shape index (κ2) is 10.9. The van der Waals surface area contributed by atoms with Gasteiger partial charge in [-0.15, -0.1) is 0 Å². The van der Waals surface area contributed by atoms with Crippen LogP contribution < -0.4 is 5.32 Å². The van der Waals surface area contributed by atoms with E-state index in [1.807, 2.05) is 48.2 Å². The number of halogens is 2. The van der Waals surface area contributed by atoms with Crippen LogP contribution in [0.2, 0.25) is 10.0 Å². The van der Waals surface area contributed by atoms with Gasteiger partial charge in [0.1, 0.15) is 18.2 Å². The van der Waals surface area contributed by atoms with Gasteiger partial charge in [-0.05, 0) is 74.0 Å². The third-order valence-electron chi connectivity index (χ3n) is 7.13. The Bertz CT molecular complexity index is 1300. The molecule has 3 atom stereocenters. The molecule has 5 rings (SSSR count). The maximum Gasteiger partial charge on any atom is 0.248 e. The van der Waals surface area contributed by atoms with Crippen LogP contribution in [0, 0.1) is 6.92 Å². The zero-order chi connectivity index (χ0) is 27.1. The molecule has 0 radical (unpaired) electrons. The Balaban J connectivity index is 1.53. The standard InChI is InChI=1S/C28H30Cl2N4O3S/c1-16(2)26(35)31-22-14-33(38-24-10-7-17(3)11-21(24)30)25-15-32(20-8-9-20)28(37)23(34(25)27(22)36)13-18-5-4-6-19(29)12-18/h4-7,10-12,20,22-23,25H,1,8-9,13-15H2,2-3H3,(H,31,35). The second-order valence-electron chi connectivity index (χ2n) is 10.2. The van der Waals surface area contributed by atoms with E-state index >= 15 is 0 Å². The largest absolute Gasteiger partial charge is 0.339 e. The lowest BCUT2D eigenvalue weighted by Crippen LogP contribution is -2.74. The number of nitrogens with zero attached hydrogens (tertiary/aromatic N) is 3. The monoisotopic (exact) mass is 572 g/mol. The van der Waals surface area contributed by atoms with E-state index in [4.69, 9.17) is 23.2 Å². The fourth-order valence-corrected chi connectivity index (χ4v) is 6.64. The summed E-state index contributed by atoms with van der Waals surface area (Å²) < 4.78 is 2.08. The SMILES string of the molecule is C=C(C)C(=O)NC1CN(Sc2ccc(C)cc2Cl)C2CN(C3CC3)C(=O)C(Cc3cccc(Cl)c3)N2C1=O. The number of hydrogen-bond acceptors (Lipinski definition) is 5. The van der Waals surface area contributed by atoms with Crippen LogP contribution in [-0.2, 0) is 20.8 Å². The van der Waals surface area contributed by atoms with Crippen LogP contribution in [0.1, 0.15) is 30.9 Å². The van der Waals surface area contributed by atoms with Crippen LogP contribution in [0.25, 0.3) is 0 Å². The van der Waals surface area contributed by atoms with Crippen molar-refractivity contribution in [2.24, 2.45) is 0 Å². The summed E-state index contributed by atoms with van der Waals surface area (Å²) in [6.07, 6.45) is 1.87. The van der Waals surface area contributed by atoms with Crippen molar-refractivity contribution in [3.63, 3.8) is 0 Å². The highest BCUT2D eigenvalue weighted by atomic mass is 35.5. The molecule has 7 nitrogen and oxygen atoms in total. The number of rotatable bonds is 7. The molecule has 1 aliphatic carbocycles. The molecule has 3 amide bonds. The Morgan fingerprint density at radius 3 is 2.53 bits per heavy atom. The van der Waals surface area contributed by atoms with Crippen LogP contribution in [0.15, 0.2) is 59.5 Å². The first-order chi connectivity index (χ1) is 18.1. The minimum Gasteiger partial charge on any atom is -0.339 e. The Hall–Kier alpha value is -2.52. The van der Waals surface area contributed by atoms with E-state index in [0.29, 0.717) is 28.6 Å². The lowest BCUT2D eigenvalue weighted by molar-refractivity contribution is -0.167. The van der Waals surface area contributed by atoms with E-state index in [-0.39, 0.29) is 30.6 Å². The zero-order valence-corrected chi connectivity index (χ0v) is 23.7.